The normalized spacial score (nSPS) is 17.4. The number of hydrogen-bond acceptors (Lipinski definition) is 4. The first kappa shape index (κ1) is 13.7. The van der Waals surface area contributed by atoms with Crippen LogP contribution in [-0.2, 0) is 4.79 Å². The number of anilines is 1. The van der Waals surface area contributed by atoms with Gasteiger partial charge in [-0.1, -0.05) is 6.92 Å². The lowest BCUT2D eigenvalue weighted by atomic mass is 10.2. The second-order valence-electron chi connectivity index (χ2n) is 4.84. The third kappa shape index (κ3) is 3.17. The highest BCUT2D eigenvalue weighted by atomic mass is 16.3. The highest BCUT2D eigenvalue weighted by Crippen LogP contribution is 2.19. The molecule has 0 bridgehead atoms. The van der Waals surface area contributed by atoms with Gasteiger partial charge in [0, 0.05) is 31.9 Å². The average Bonchev–Trinajstić information content (AvgIpc) is 2.46. The molecule has 1 atom stereocenters. The number of nitrogens with zero attached hydrogens (tertiary/aromatic N) is 2. The Hall–Kier alpha value is -1.75. The Bertz CT molecular complexity index is 425. The van der Waals surface area contributed by atoms with Crippen molar-refractivity contribution in [2.24, 2.45) is 5.73 Å². The number of phenols is 1. The molecule has 19 heavy (non-hydrogen) atoms. The van der Waals surface area contributed by atoms with Gasteiger partial charge in [-0.25, -0.2) is 0 Å². The minimum absolute atomic E-state index is 0.0489. The molecule has 0 spiro atoms. The molecule has 1 aromatic carbocycles. The summed E-state index contributed by atoms with van der Waals surface area (Å²) in [4.78, 5) is 16.0. The van der Waals surface area contributed by atoms with Crippen molar-refractivity contribution in [3.05, 3.63) is 24.3 Å². The number of carbonyl (C=O) groups excluding carboxylic acids is 1. The molecule has 0 radical (unpaired) electrons. The highest BCUT2D eigenvalue weighted by Gasteiger charge is 2.24. The lowest BCUT2D eigenvalue weighted by Crippen LogP contribution is -2.53. The predicted molar refractivity (Wildman–Crippen MR) is 75.2 cm³/mol. The van der Waals surface area contributed by atoms with E-state index in [-0.39, 0.29) is 17.7 Å². The number of phenolic OH excluding ortho intramolecular Hbond substituents is 1. The summed E-state index contributed by atoms with van der Waals surface area (Å²) >= 11 is 0. The van der Waals surface area contributed by atoms with Crippen LogP contribution in [0.2, 0.25) is 0 Å². The molecule has 5 heteroatoms. The van der Waals surface area contributed by atoms with Crippen LogP contribution in [0.4, 0.5) is 5.69 Å². The molecule has 2 rings (SSSR count). The number of benzene rings is 1. The lowest BCUT2D eigenvalue weighted by molar-refractivity contribution is -0.132. The zero-order valence-electron chi connectivity index (χ0n) is 11.2. The second kappa shape index (κ2) is 5.93. The molecule has 0 aromatic heterocycles. The van der Waals surface area contributed by atoms with Crippen molar-refractivity contribution in [2.45, 2.75) is 19.4 Å². The average molecular weight is 263 g/mol. The summed E-state index contributed by atoms with van der Waals surface area (Å²) in [7, 11) is 0. The molecule has 1 heterocycles. The van der Waals surface area contributed by atoms with Gasteiger partial charge in [0.05, 0.1) is 6.04 Å². The van der Waals surface area contributed by atoms with Gasteiger partial charge in [0.1, 0.15) is 5.75 Å². The summed E-state index contributed by atoms with van der Waals surface area (Å²) in [5, 5.41) is 9.27. The van der Waals surface area contributed by atoms with Gasteiger partial charge in [-0.15, -0.1) is 0 Å². The molecule has 1 fully saturated rings. The molecule has 1 aromatic rings. The van der Waals surface area contributed by atoms with Crippen molar-refractivity contribution >= 4 is 11.6 Å². The fourth-order valence-electron chi connectivity index (χ4n) is 2.26. The Kier molecular flexibility index (Phi) is 4.27. The van der Waals surface area contributed by atoms with Gasteiger partial charge >= 0.3 is 0 Å². The SMILES string of the molecule is CCC(N)C(=O)N1CCN(c2ccc(O)cc2)CC1. The minimum Gasteiger partial charge on any atom is -0.508 e. The number of hydrogen-bond donors (Lipinski definition) is 2. The number of aromatic hydroxyl groups is 1. The maximum absolute atomic E-state index is 12.0. The van der Waals surface area contributed by atoms with Crippen LogP contribution in [0.25, 0.3) is 0 Å². The fourth-order valence-corrected chi connectivity index (χ4v) is 2.26. The molecule has 0 saturated carbocycles. The number of carbonyl (C=O) groups is 1. The monoisotopic (exact) mass is 263 g/mol. The molecule has 1 aliphatic heterocycles. The van der Waals surface area contributed by atoms with Crippen LogP contribution in [-0.4, -0.2) is 48.1 Å². The molecule has 1 saturated heterocycles. The number of rotatable bonds is 3. The molecule has 104 valence electrons. The summed E-state index contributed by atoms with van der Waals surface area (Å²) in [6, 6.07) is 6.77. The summed E-state index contributed by atoms with van der Waals surface area (Å²) in [5.74, 6) is 0.319. The Labute approximate surface area is 113 Å². The van der Waals surface area contributed by atoms with Crippen LogP contribution >= 0.6 is 0 Å². The molecular formula is C14H21N3O2. The van der Waals surface area contributed by atoms with Gasteiger partial charge in [-0.05, 0) is 30.7 Å². The van der Waals surface area contributed by atoms with Crippen LogP contribution in [0.5, 0.6) is 5.75 Å². The van der Waals surface area contributed by atoms with Crippen LogP contribution in [0.1, 0.15) is 13.3 Å². The summed E-state index contributed by atoms with van der Waals surface area (Å²) < 4.78 is 0. The van der Waals surface area contributed by atoms with Gasteiger partial charge in [0.2, 0.25) is 5.91 Å². The van der Waals surface area contributed by atoms with Crippen molar-refractivity contribution in [3.8, 4) is 5.75 Å². The van der Waals surface area contributed by atoms with E-state index in [9.17, 15) is 9.90 Å². The van der Waals surface area contributed by atoms with E-state index in [0.717, 1.165) is 18.8 Å². The van der Waals surface area contributed by atoms with E-state index in [0.29, 0.717) is 19.5 Å². The lowest BCUT2D eigenvalue weighted by Gasteiger charge is -2.37. The van der Waals surface area contributed by atoms with Crippen molar-refractivity contribution in [3.63, 3.8) is 0 Å². The molecule has 0 aliphatic carbocycles. The third-order valence-corrected chi connectivity index (χ3v) is 3.56. The molecule has 3 N–H and O–H groups in total. The maximum Gasteiger partial charge on any atom is 0.239 e. The Balaban J connectivity index is 1.92. The zero-order chi connectivity index (χ0) is 13.8. The molecule has 5 nitrogen and oxygen atoms in total. The minimum atomic E-state index is -0.375. The van der Waals surface area contributed by atoms with Gasteiger partial charge in [-0.3, -0.25) is 4.79 Å². The predicted octanol–water partition coefficient (Wildman–Crippen LogP) is 0.778. The van der Waals surface area contributed by atoms with E-state index >= 15 is 0 Å². The third-order valence-electron chi connectivity index (χ3n) is 3.56. The Morgan fingerprint density at radius 2 is 1.84 bits per heavy atom. The molecule has 1 aliphatic rings. The smallest absolute Gasteiger partial charge is 0.239 e. The van der Waals surface area contributed by atoms with Gasteiger partial charge < -0.3 is 20.6 Å². The van der Waals surface area contributed by atoms with E-state index in [1.54, 1.807) is 12.1 Å². The summed E-state index contributed by atoms with van der Waals surface area (Å²) in [5.41, 5.74) is 6.85. The van der Waals surface area contributed by atoms with Crippen LogP contribution in [0.3, 0.4) is 0 Å². The number of piperazine rings is 1. The van der Waals surface area contributed by atoms with E-state index in [2.05, 4.69) is 4.90 Å². The second-order valence-corrected chi connectivity index (χ2v) is 4.84. The van der Waals surface area contributed by atoms with Crippen LogP contribution in [0.15, 0.2) is 24.3 Å². The van der Waals surface area contributed by atoms with Crippen LogP contribution < -0.4 is 10.6 Å². The Morgan fingerprint density at radius 3 is 2.37 bits per heavy atom. The maximum atomic E-state index is 12.0. The van der Waals surface area contributed by atoms with Gasteiger partial charge in [0.15, 0.2) is 0 Å². The molecular weight excluding hydrogens is 242 g/mol. The first-order chi connectivity index (χ1) is 9.11. The highest BCUT2D eigenvalue weighted by molar-refractivity contribution is 5.81. The van der Waals surface area contributed by atoms with Gasteiger partial charge in [-0.2, -0.15) is 0 Å². The van der Waals surface area contributed by atoms with E-state index in [1.807, 2.05) is 24.0 Å². The number of amides is 1. The largest absolute Gasteiger partial charge is 0.508 e. The standard InChI is InChI=1S/C14H21N3O2/c1-2-13(15)14(19)17-9-7-16(8-10-17)11-3-5-12(18)6-4-11/h3-6,13,18H,2,7-10,15H2,1H3. The summed E-state index contributed by atoms with van der Waals surface area (Å²) in [6.45, 7) is 4.93. The van der Waals surface area contributed by atoms with E-state index in [4.69, 9.17) is 5.73 Å². The van der Waals surface area contributed by atoms with Gasteiger partial charge in [0.25, 0.3) is 0 Å². The summed E-state index contributed by atoms with van der Waals surface area (Å²) in [6.07, 6.45) is 0.678. The molecule has 1 unspecified atom stereocenters. The zero-order valence-corrected chi connectivity index (χ0v) is 11.2. The van der Waals surface area contributed by atoms with E-state index < -0.39 is 0 Å². The van der Waals surface area contributed by atoms with Crippen molar-refractivity contribution in [1.82, 2.24) is 4.90 Å². The molecule has 1 amide bonds. The fraction of sp³-hybridized carbons (Fsp3) is 0.500. The van der Waals surface area contributed by atoms with Crippen molar-refractivity contribution in [2.75, 3.05) is 31.1 Å². The van der Waals surface area contributed by atoms with Crippen molar-refractivity contribution < 1.29 is 9.90 Å². The number of nitrogens with two attached hydrogens (primary N) is 1. The van der Waals surface area contributed by atoms with Crippen molar-refractivity contribution in [1.29, 1.82) is 0 Å². The Morgan fingerprint density at radius 1 is 1.26 bits per heavy atom. The van der Waals surface area contributed by atoms with E-state index in [1.165, 1.54) is 0 Å². The van der Waals surface area contributed by atoms with Crippen LogP contribution in [0, 0.1) is 0 Å². The first-order valence-electron chi connectivity index (χ1n) is 6.70. The quantitative estimate of drug-likeness (QED) is 0.845. The topological polar surface area (TPSA) is 69.8 Å². The first-order valence-corrected chi connectivity index (χ1v) is 6.70.